The third kappa shape index (κ3) is 6.79. The molecule has 1 heterocycles. The van der Waals surface area contributed by atoms with Crippen molar-refractivity contribution in [1.82, 2.24) is 10.2 Å². The summed E-state index contributed by atoms with van der Waals surface area (Å²) in [7, 11) is 1.78. The lowest BCUT2D eigenvalue weighted by Gasteiger charge is -2.25. The number of rotatable bonds is 7. The van der Waals surface area contributed by atoms with Crippen LogP contribution >= 0.6 is 11.3 Å². The highest BCUT2D eigenvalue weighted by molar-refractivity contribution is 7.10. The van der Waals surface area contributed by atoms with E-state index in [1.54, 1.807) is 23.3 Å². The first-order chi connectivity index (χ1) is 10.2. The van der Waals surface area contributed by atoms with Gasteiger partial charge in [0.2, 0.25) is 0 Å². The number of thiophene rings is 1. The maximum atomic E-state index is 11.9. The van der Waals surface area contributed by atoms with Crippen LogP contribution in [0.5, 0.6) is 0 Å². The molecule has 1 amide bonds. The molecular weight excluding hydrogens is 296 g/mol. The van der Waals surface area contributed by atoms with Gasteiger partial charge in [0.15, 0.2) is 0 Å². The molecular formula is C17H30N2O2S. The molecule has 1 N–H and O–H groups in total. The molecule has 0 spiro atoms. The van der Waals surface area contributed by atoms with Gasteiger partial charge in [0.25, 0.3) is 0 Å². The lowest BCUT2D eigenvalue weighted by atomic mass is 10.0. The fourth-order valence-electron chi connectivity index (χ4n) is 2.14. The van der Waals surface area contributed by atoms with Gasteiger partial charge in [-0.3, -0.25) is 0 Å². The first kappa shape index (κ1) is 19.0. The third-order valence-electron chi connectivity index (χ3n) is 3.26. The van der Waals surface area contributed by atoms with Crippen molar-refractivity contribution in [2.45, 2.75) is 52.7 Å². The zero-order valence-corrected chi connectivity index (χ0v) is 15.5. The van der Waals surface area contributed by atoms with Gasteiger partial charge in [-0.15, -0.1) is 11.3 Å². The third-order valence-corrected chi connectivity index (χ3v) is 4.21. The molecule has 0 saturated carbocycles. The smallest absolute Gasteiger partial charge is 0.410 e. The van der Waals surface area contributed by atoms with Crippen LogP contribution in [-0.2, 0) is 4.74 Å². The first-order valence-electron chi connectivity index (χ1n) is 7.91. The minimum Gasteiger partial charge on any atom is -0.444 e. The van der Waals surface area contributed by atoms with E-state index in [0.717, 1.165) is 13.0 Å². The second-order valence-electron chi connectivity index (χ2n) is 6.95. The standard InChI is InChI=1S/C17H30N2O2S/c1-13(2)15(14-9-7-12-22-14)18-10-8-11-19(6)16(20)21-17(3,4)5/h7,9,12-13,15,18H,8,10-11H2,1-6H3. The van der Waals surface area contributed by atoms with Crippen molar-refractivity contribution in [2.75, 3.05) is 20.1 Å². The van der Waals surface area contributed by atoms with E-state index in [2.05, 4.69) is 36.7 Å². The van der Waals surface area contributed by atoms with Crippen molar-refractivity contribution < 1.29 is 9.53 Å². The van der Waals surface area contributed by atoms with E-state index < -0.39 is 5.60 Å². The second kappa shape index (κ2) is 8.53. The van der Waals surface area contributed by atoms with Gasteiger partial charge in [0.1, 0.15) is 5.60 Å². The maximum Gasteiger partial charge on any atom is 0.410 e. The summed E-state index contributed by atoms with van der Waals surface area (Å²) in [6.45, 7) is 11.7. The molecule has 1 rings (SSSR count). The Kier molecular flexibility index (Phi) is 7.36. The van der Waals surface area contributed by atoms with Crippen LogP contribution in [0.2, 0.25) is 0 Å². The molecule has 0 bridgehead atoms. The summed E-state index contributed by atoms with van der Waals surface area (Å²) in [6, 6.07) is 4.65. The summed E-state index contributed by atoms with van der Waals surface area (Å²) in [5.41, 5.74) is -0.439. The molecule has 0 aliphatic rings. The Bertz CT molecular complexity index is 438. The van der Waals surface area contributed by atoms with Crippen LogP contribution < -0.4 is 5.32 Å². The zero-order chi connectivity index (χ0) is 16.8. The van der Waals surface area contributed by atoms with Crippen molar-refractivity contribution in [2.24, 2.45) is 5.92 Å². The summed E-state index contributed by atoms with van der Waals surface area (Å²) in [5.74, 6) is 0.544. The van der Waals surface area contributed by atoms with E-state index in [4.69, 9.17) is 4.74 Å². The van der Waals surface area contributed by atoms with Crippen LogP contribution in [0, 0.1) is 5.92 Å². The van der Waals surface area contributed by atoms with Crippen LogP contribution in [-0.4, -0.2) is 36.7 Å². The quantitative estimate of drug-likeness (QED) is 0.760. The molecule has 0 fully saturated rings. The van der Waals surface area contributed by atoms with E-state index >= 15 is 0 Å². The normalized spacial score (nSPS) is 13.2. The minimum atomic E-state index is -0.439. The Morgan fingerprint density at radius 2 is 2.09 bits per heavy atom. The van der Waals surface area contributed by atoms with Gasteiger partial charge in [-0.25, -0.2) is 4.79 Å². The van der Waals surface area contributed by atoms with Gasteiger partial charge in [0.05, 0.1) is 0 Å². The number of hydrogen-bond acceptors (Lipinski definition) is 4. The summed E-state index contributed by atoms with van der Waals surface area (Å²) in [6.07, 6.45) is 0.649. The lowest BCUT2D eigenvalue weighted by molar-refractivity contribution is 0.0297. The summed E-state index contributed by atoms with van der Waals surface area (Å²) in [5, 5.41) is 5.71. The molecule has 1 atom stereocenters. The predicted octanol–water partition coefficient (Wildman–Crippen LogP) is 4.29. The van der Waals surface area contributed by atoms with Gasteiger partial charge in [0, 0.05) is 24.5 Å². The largest absolute Gasteiger partial charge is 0.444 e. The van der Waals surface area contributed by atoms with Crippen LogP contribution in [0.3, 0.4) is 0 Å². The van der Waals surface area contributed by atoms with Crippen molar-refractivity contribution in [1.29, 1.82) is 0 Å². The zero-order valence-electron chi connectivity index (χ0n) is 14.7. The van der Waals surface area contributed by atoms with Crippen LogP contribution in [0.1, 0.15) is 52.0 Å². The highest BCUT2D eigenvalue weighted by Gasteiger charge is 2.19. The van der Waals surface area contributed by atoms with Crippen LogP contribution in [0.15, 0.2) is 17.5 Å². The van der Waals surface area contributed by atoms with E-state index in [0.29, 0.717) is 18.5 Å². The number of nitrogens with zero attached hydrogens (tertiary/aromatic N) is 1. The molecule has 22 heavy (non-hydrogen) atoms. The topological polar surface area (TPSA) is 41.6 Å². The van der Waals surface area contributed by atoms with Crippen molar-refractivity contribution >= 4 is 17.4 Å². The Balaban J connectivity index is 2.33. The SMILES string of the molecule is CC(C)C(NCCCN(C)C(=O)OC(C)(C)C)c1cccs1. The summed E-state index contributed by atoms with van der Waals surface area (Å²) < 4.78 is 5.34. The molecule has 0 radical (unpaired) electrons. The van der Waals surface area contributed by atoms with Gasteiger partial charge in [-0.1, -0.05) is 19.9 Å². The molecule has 0 aliphatic carbocycles. The van der Waals surface area contributed by atoms with Crippen molar-refractivity contribution in [3.05, 3.63) is 22.4 Å². The molecule has 1 unspecified atom stereocenters. The van der Waals surface area contributed by atoms with Gasteiger partial charge >= 0.3 is 6.09 Å². The van der Waals surface area contributed by atoms with E-state index in [1.165, 1.54) is 4.88 Å². The molecule has 0 aliphatic heterocycles. The number of nitrogens with one attached hydrogen (secondary N) is 1. The Morgan fingerprint density at radius 3 is 2.59 bits per heavy atom. The van der Waals surface area contributed by atoms with Crippen LogP contribution in [0.4, 0.5) is 4.79 Å². The number of ether oxygens (including phenoxy) is 1. The number of hydrogen-bond donors (Lipinski definition) is 1. The molecule has 1 aromatic rings. The Hall–Kier alpha value is -1.07. The van der Waals surface area contributed by atoms with Crippen molar-refractivity contribution in [3.8, 4) is 0 Å². The fraction of sp³-hybridized carbons (Fsp3) is 0.706. The number of carbonyl (C=O) groups is 1. The van der Waals surface area contributed by atoms with Gasteiger partial charge in [-0.05, 0) is 51.1 Å². The first-order valence-corrected chi connectivity index (χ1v) is 8.79. The number of carbonyl (C=O) groups excluding carboxylic acids is 1. The molecule has 5 heteroatoms. The molecule has 0 aromatic carbocycles. The fourth-order valence-corrected chi connectivity index (χ4v) is 3.11. The lowest BCUT2D eigenvalue weighted by Crippen LogP contribution is -2.36. The molecule has 0 saturated heterocycles. The predicted molar refractivity (Wildman–Crippen MR) is 93.4 cm³/mol. The average molecular weight is 327 g/mol. The monoisotopic (exact) mass is 326 g/mol. The Morgan fingerprint density at radius 1 is 1.41 bits per heavy atom. The van der Waals surface area contributed by atoms with E-state index in [-0.39, 0.29) is 6.09 Å². The highest BCUT2D eigenvalue weighted by Crippen LogP contribution is 2.25. The van der Waals surface area contributed by atoms with Gasteiger partial charge < -0.3 is 15.0 Å². The summed E-state index contributed by atoms with van der Waals surface area (Å²) in [4.78, 5) is 14.9. The molecule has 126 valence electrons. The Labute approximate surface area is 138 Å². The minimum absolute atomic E-state index is 0.258. The maximum absolute atomic E-state index is 11.9. The molecule has 1 aromatic heterocycles. The van der Waals surface area contributed by atoms with Crippen LogP contribution in [0.25, 0.3) is 0 Å². The summed E-state index contributed by atoms with van der Waals surface area (Å²) >= 11 is 1.79. The van der Waals surface area contributed by atoms with Gasteiger partial charge in [-0.2, -0.15) is 0 Å². The van der Waals surface area contributed by atoms with E-state index in [9.17, 15) is 4.79 Å². The second-order valence-corrected chi connectivity index (χ2v) is 7.93. The molecule has 4 nitrogen and oxygen atoms in total. The average Bonchev–Trinajstić information content (AvgIpc) is 2.89. The number of amides is 1. The van der Waals surface area contributed by atoms with Crippen molar-refractivity contribution in [3.63, 3.8) is 0 Å². The van der Waals surface area contributed by atoms with E-state index in [1.807, 2.05) is 20.8 Å². The highest BCUT2D eigenvalue weighted by atomic mass is 32.1.